The number of carbonyl (C=O) groups is 1. The Hall–Kier alpha value is -2.53. The zero-order valence-corrected chi connectivity index (χ0v) is 14.4. The third kappa shape index (κ3) is 3.20. The lowest BCUT2D eigenvalue weighted by Crippen LogP contribution is -2.38. The number of aromatic nitrogens is 3. The van der Waals surface area contributed by atoms with E-state index < -0.39 is 0 Å². The number of ketones is 1. The lowest BCUT2D eigenvalue weighted by atomic mass is 9.92. The highest BCUT2D eigenvalue weighted by molar-refractivity contribution is 5.96. The second-order valence-corrected chi connectivity index (χ2v) is 6.73. The molecule has 1 aliphatic heterocycles. The fourth-order valence-electron chi connectivity index (χ4n) is 3.70. The quantitative estimate of drug-likeness (QED) is 0.688. The van der Waals surface area contributed by atoms with Gasteiger partial charge in [0.2, 0.25) is 0 Å². The Morgan fingerprint density at radius 2 is 2.12 bits per heavy atom. The topological polar surface area (TPSA) is 50.5 Å². The van der Waals surface area contributed by atoms with Crippen LogP contribution in [0.1, 0.15) is 34.7 Å². The lowest BCUT2D eigenvalue weighted by Gasteiger charge is -2.31. The summed E-state index contributed by atoms with van der Waals surface area (Å²) in [5.41, 5.74) is 3.83. The fourth-order valence-corrected chi connectivity index (χ4v) is 3.70. The van der Waals surface area contributed by atoms with Gasteiger partial charge >= 0.3 is 0 Å². The van der Waals surface area contributed by atoms with Crippen molar-refractivity contribution in [2.75, 3.05) is 13.1 Å². The van der Waals surface area contributed by atoms with Gasteiger partial charge in [-0.05, 0) is 50.6 Å². The standard InChI is InChI=1S/C20H22N4O/c1-15-18(24-12-5-3-9-19(24)22-15)14-23-11-6-7-16(13-23)20(25)17-8-2-4-10-21-17/h2-5,8-10,12,16H,6-7,11,13-14H2,1H3. The number of nitrogens with zero attached hydrogens (tertiary/aromatic N) is 4. The highest BCUT2D eigenvalue weighted by atomic mass is 16.1. The molecular formula is C20H22N4O. The van der Waals surface area contributed by atoms with E-state index in [1.165, 1.54) is 5.69 Å². The third-order valence-corrected chi connectivity index (χ3v) is 5.00. The highest BCUT2D eigenvalue weighted by Crippen LogP contribution is 2.23. The van der Waals surface area contributed by atoms with Gasteiger partial charge in [-0.15, -0.1) is 0 Å². The first-order valence-electron chi connectivity index (χ1n) is 8.82. The second kappa shape index (κ2) is 6.76. The molecule has 1 aliphatic rings. The number of pyridine rings is 2. The maximum Gasteiger partial charge on any atom is 0.185 e. The predicted octanol–water partition coefficient (Wildman–Crippen LogP) is 3.13. The zero-order valence-electron chi connectivity index (χ0n) is 14.4. The Morgan fingerprint density at radius 1 is 1.24 bits per heavy atom. The number of imidazole rings is 1. The lowest BCUT2D eigenvalue weighted by molar-refractivity contribution is 0.0804. The maximum atomic E-state index is 12.7. The van der Waals surface area contributed by atoms with Crippen LogP contribution in [-0.2, 0) is 6.54 Å². The third-order valence-electron chi connectivity index (χ3n) is 5.00. The van der Waals surface area contributed by atoms with Crippen molar-refractivity contribution in [1.82, 2.24) is 19.3 Å². The van der Waals surface area contributed by atoms with Crippen LogP contribution in [-0.4, -0.2) is 38.1 Å². The molecule has 0 saturated carbocycles. The molecule has 0 aromatic carbocycles. The molecule has 0 aliphatic carbocycles. The number of piperidine rings is 1. The van der Waals surface area contributed by atoms with Gasteiger partial charge in [0.15, 0.2) is 5.78 Å². The summed E-state index contributed by atoms with van der Waals surface area (Å²) >= 11 is 0. The normalized spacial score (nSPS) is 18.5. The molecule has 0 radical (unpaired) electrons. The number of hydrogen-bond acceptors (Lipinski definition) is 4. The number of aryl methyl sites for hydroxylation is 1. The van der Waals surface area contributed by atoms with Crippen molar-refractivity contribution in [3.63, 3.8) is 0 Å². The smallest absolute Gasteiger partial charge is 0.185 e. The summed E-state index contributed by atoms with van der Waals surface area (Å²) in [4.78, 5) is 24.0. The number of carbonyl (C=O) groups excluding carboxylic acids is 1. The molecule has 5 heteroatoms. The summed E-state index contributed by atoms with van der Waals surface area (Å²) in [6.45, 7) is 4.69. The first-order chi connectivity index (χ1) is 12.2. The molecule has 0 N–H and O–H groups in total. The van der Waals surface area contributed by atoms with Gasteiger partial charge in [-0.2, -0.15) is 0 Å². The van der Waals surface area contributed by atoms with Crippen LogP contribution in [0.15, 0.2) is 48.8 Å². The molecule has 1 unspecified atom stereocenters. The molecule has 4 rings (SSSR count). The highest BCUT2D eigenvalue weighted by Gasteiger charge is 2.28. The molecule has 128 valence electrons. The minimum absolute atomic E-state index is 0.0307. The van der Waals surface area contributed by atoms with E-state index in [4.69, 9.17) is 0 Å². The fraction of sp³-hybridized carbons (Fsp3) is 0.350. The molecule has 3 aromatic heterocycles. The van der Waals surface area contributed by atoms with Crippen LogP contribution in [0.3, 0.4) is 0 Å². The molecular weight excluding hydrogens is 312 g/mol. The zero-order chi connectivity index (χ0) is 17.2. The Bertz CT molecular complexity index is 887. The first kappa shape index (κ1) is 16.0. The van der Waals surface area contributed by atoms with Crippen molar-refractivity contribution in [3.05, 3.63) is 65.9 Å². The summed E-state index contributed by atoms with van der Waals surface area (Å²) in [7, 11) is 0. The molecule has 1 saturated heterocycles. The van der Waals surface area contributed by atoms with Crippen molar-refractivity contribution in [2.24, 2.45) is 5.92 Å². The van der Waals surface area contributed by atoms with Crippen molar-refractivity contribution in [3.8, 4) is 0 Å². The molecule has 5 nitrogen and oxygen atoms in total. The van der Waals surface area contributed by atoms with Crippen molar-refractivity contribution in [1.29, 1.82) is 0 Å². The molecule has 1 fully saturated rings. The monoisotopic (exact) mass is 334 g/mol. The Kier molecular flexibility index (Phi) is 4.32. The average Bonchev–Trinajstić information content (AvgIpc) is 2.97. The number of likely N-dealkylation sites (tertiary alicyclic amines) is 1. The van der Waals surface area contributed by atoms with E-state index in [0.29, 0.717) is 5.69 Å². The predicted molar refractivity (Wildman–Crippen MR) is 96.5 cm³/mol. The van der Waals surface area contributed by atoms with Gasteiger partial charge in [-0.1, -0.05) is 12.1 Å². The average molecular weight is 334 g/mol. The van der Waals surface area contributed by atoms with Crippen molar-refractivity contribution < 1.29 is 4.79 Å². The number of fused-ring (bicyclic) bond motifs is 1. The van der Waals surface area contributed by atoms with E-state index in [-0.39, 0.29) is 11.7 Å². The summed E-state index contributed by atoms with van der Waals surface area (Å²) in [5, 5.41) is 0. The summed E-state index contributed by atoms with van der Waals surface area (Å²) in [6, 6.07) is 11.6. The Balaban J connectivity index is 1.52. The van der Waals surface area contributed by atoms with Gasteiger partial charge in [0.05, 0.1) is 11.4 Å². The Morgan fingerprint density at radius 3 is 2.96 bits per heavy atom. The summed E-state index contributed by atoms with van der Waals surface area (Å²) in [6.07, 6.45) is 5.73. The Labute approximate surface area is 147 Å². The number of Topliss-reactive ketones (excluding diaryl/α,β-unsaturated/α-hetero) is 1. The van der Waals surface area contributed by atoms with Crippen LogP contribution in [0.5, 0.6) is 0 Å². The summed E-state index contributed by atoms with van der Waals surface area (Å²) < 4.78 is 2.15. The van der Waals surface area contributed by atoms with Gasteiger partial charge in [-0.3, -0.25) is 14.7 Å². The van der Waals surface area contributed by atoms with Crippen LogP contribution >= 0.6 is 0 Å². The van der Waals surface area contributed by atoms with Gasteiger partial charge in [0, 0.05) is 31.4 Å². The first-order valence-corrected chi connectivity index (χ1v) is 8.82. The minimum atomic E-state index is 0.0307. The number of hydrogen-bond donors (Lipinski definition) is 0. The molecule has 0 bridgehead atoms. The van der Waals surface area contributed by atoms with E-state index in [1.807, 2.05) is 36.4 Å². The molecule has 3 aromatic rings. The van der Waals surface area contributed by atoms with Gasteiger partial charge < -0.3 is 4.40 Å². The van der Waals surface area contributed by atoms with E-state index in [2.05, 4.69) is 32.4 Å². The van der Waals surface area contributed by atoms with Gasteiger partial charge in [-0.25, -0.2) is 4.98 Å². The van der Waals surface area contributed by atoms with Crippen LogP contribution in [0.25, 0.3) is 5.65 Å². The number of rotatable bonds is 4. The van der Waals surface area contributed by atoms with E-state index in [9.17, 15) is 4.79 Å². The van der Waals surface area contributed by atoms with Gasteiger partial charge in [0.25, 0.3) is 0 Å². The van der Waals surface area contributed by atoms with Crippen molar-refractivity contribution >= 4 is 11.4 Å². The van der Waals surface area contributed by atoms with E-state index in [1.54, 1.807) is 6.20 Å². The SMILES string of the molecule is Cc1nc2ccccn2c1CN1CCCC(C(=O)c2ccccn2)C1. The summed E-state index contributed by atoms with van der Waals surface area (Å²) in [5.74, 6) is 0.198. The van der Waals surface area contributed by atoms with Crippen LogP contribution in [0.2, 0.25) is 0 Å². The maximum absolute atomic E-state index is 12.7. The van der Waals surface area contributed by atoms with Crippen LogP contribution in [0, 0.1) is 12.8 Å². The molecule has 0 spiro atoms. The van der Waals surface area contributed by atoms with Crippen LogP contribution < -0.4 is 0 Å². The molecule has 4 heterocycles. The molecule has 1 atom stereocenters. The minimum Gasteiger partial charge on any atom is -0.302 e. The van der Waals surface area contributed by atoms with Gasteiger partial charge in [0.1, 0.15) is 11.3 Å². The van der Waals surface area contributed by atoms with Crippen LogP contribution in [0.4, 0.5) is 0 Å². The second-order valence-electron chi connectivity index (χ2n) is 6.73. The molecule has 25 heavy (non-hydrogen) atoms. The van der Waals surface area contributed by atoms with E-state index >= 15 is 0 Å². The largest absolute Gasteiger partial charge is 0.302 e. The van der Waals surface area contributed by atoms with E-state index in [0.717, 1.165) is 43.8 Å². The van der Waals surface area contributed by atoms with Crippen molar-refractivity contribution in [2.45, 2.75) is 26.3 Å². The molecule has 0 amide bonds.